The maximum atomic E-state index is 11.6. The van der Waals surface area contributed by atoms with Crippen LogP contribution < -0.4 is 5.73 Å². The molecule has 1 aliphatic rings. The van der Waals surface area contributed by atoms with Crippen molar-refractivity contribution in [2.24, 2.45) is 5.73 Å². The van der Waals surface area contributed by atoms with Gasteiger partial charge in [-0.15, -0.1) is 11.3 Å². The van der Waals surface area contributed by atoms with Gasteiger partial charge in [0.05, 0.1) is 17.5 Å². The highest BCUT2D eigenvalue weighted by Gasteiger charge is 2.25. The van der Waals surface area contributed by atoms with E-state index in [0.29, 0.717) is 25.3 Å². The van der Waals surface area contributed by atoms with Crippen LogP contribution in [-0.4, -0.2) is 44.5 Å². The average molecular weight is 288 g/mol. The van der Waals surface area contributed by atoms with Crippen molar-refractivity contribution in [1.82, 2.24) is 4.90 Å². The van der Waals surface area contributed by atoms with Crippen LogP contribution >= 0.6 is 11.3 Å². The third kappa shape index (κ3) is 3.32. The summed E-state index contributed by atoms with van der Waals surface area (Å²) >= 11 is 1.75. The number of hydrogen-bond acceptors (Lipinski definition) is 5. The molecule has 2 rings (SSSR count). The Bertz CT molecular complexity index is 496. The summed E-state index contributed by atoms with van der Waals surface area (Å²) in [5, 5.41) is 0. The molecule has 2 N–H and O–H groups in total. The monoisotopic (exact) mass is 288 g/mol. The molecule has 0 spiro atoms. The van der Waals surface area contributed by atoms with Gasteiger partial charge in [-0.3, -0.25) is 4.90 Å². The second-order valence-electron chi connectivity index (χ2n) is 4.74. The van der Waals surface area contributed by atoms with Crippen molar-refractivity contribution >= 4 is 21.2 Å². The molecule has 0 bridgehead atoms. The first-order valence-electron chi connectivity index (χ1n) is 6.23. The largest absolute Gasteiger partial charge is 0.329 e. The number of hydrogen-bond donors (Lipinski definition) is 1. The molecule has 0 aliphatic carbocycles. The van der Waals surface area contributed by atoms with Gasteiger partial charge in [-0.1, -0.05) is 0 Å². The van der Waals surface area contributed by atoms with Crippen LogP contribution in [0, 0.1) is 6.92 Å². The standard InChI is InChI=1S/C12H20N2O2S2/c1-10-3-4-12(17-10)11(9-13)14-5-2-7-18(15,16)8-6-14/h3-4,11H,2,5-9,13H2,1H3. The Labute approximate surface area is 113 Å². The lowest BCUT2D eigenvalue weighted by Gasteiger charge is -2.28. The summed E-state index contributed by atoms with van der Waals surface area (Å²) in [7, 11) is -2.85. The quantitative estimate of drug-likeness (QED) is 0.907. The maximum Gasteiger partial charge on any atom is 0.151 e. The first kappa shape index (κ1) is 14.0. The lowest BCUT2D eigenvalue weighted by molar-refractivity contribution is 0.221. The van der Waals surface area contributed by atoms with Gasteiger partial charge in [0.1, 0.15) is 0 Å². The number of sulfone groups is 1. The third-order valence-electron chi connectivity index (χ3n) is 3.34. The molecule has 0 aromatic carbocycles. The van der Waals surface area contributed by atoms with Crippen LogP contribution in [0.25, 0.3) is 0 Å². The smallest absolute Gasteiger partial charge is 0.151 e. The second kappa shape index (κ2) is 5.69. The van der Waals surface area contributed by atoms with Gasteiger partial charge >= 0.3 is 0 Å². The molecule has 0 radical (unpaired) electrons. The summed E-state index contributed by atoms with van der Waals surface area (Å²) in [5.41, 5.74) is 5.88. The van der Waals surface area contributed by atoms with Gasteiger partial charge in [0.2, 0.25) is 0 Å². The summed E-state index contributed by atoms with van der Waals surface area (Å²) < 4.78 is 23.2. The topological polar surface area (TPSA) is 63.4 Å². The fraction of sp³-hybridized carbons (Fsp3) is 0.667. The Morgan fingerprint density at radius 3 is 2.78 bits per heavy atom. The van der Waals surface area contributed by atoms with Crippen LogP contribution in [0.5, 0.6) is 0 Å². The predicted octanol–water partition coefficient (Wildman–Crippen LogP) is 1.18. The van der Waals surface area contributed by atoms with Crippen molar-refractivity contribution in [2.45, 2.75) is 19.4 Å². The van der Waals surface area contributed by atoms with Gasteiger partial charge in [-0.2, -0.15) is 0 Å². The van der Waals surface area contributed by atoms with E-state index in [-0.39, 0.29) is 11.8 Å². The average Bonchev–Trinajstić information content (AvgIpc) is 2.64. The van der Waals surface area contributed by atoms with Gasteiger partial charge in [0.15, 0.2) is 9.84 Å². The molecule has 1 fully saturated rings. The van der Waals surface area contributed by atoms with E-state index >= 15 is 0 Å². The van der Waals surface area contributed by atoms with Crippen molar-refractivity contribution in [2.75, 3.05) is 31.1 Å². The first-order valence-corrected chi connectivity index (χ1v) is 8.86. The van der Waals surface area contributed by atoms with Gasteiger partial charge in [0.25, 0.3) is 0 Å². The van der Waals surface area contributed by atoms with Crippen molar-refractivity contribution < 1.29 is 8.42 Å². The molecule has 1 atom stereocenters. The molecule has 1 aromatic heterocycles. The Kier molecular flexibility index (Phi) is 4.42. The van der Waals surface area contributed by atoms with E-state index < -0.39 is 9.84 Å². The van der Waals surface area contributed by atoms with E-state index in [0.717, 1.165) is 6.54 Å². The summed E-state index contributed by atoms with van der Waals surface area (Å²) in [6, 6.07) is 4.37. The number of thiophene rings is 1. The normalized spacial score (nSPS) is 22.6. The molecule has 0 amide bonds. The summed E-state index contributed by atoms with van der Waals surface area (Å²) in [5.74, 6) is 0.568. The SMILES string of the molecule is Cc1ccc(C(CN)N2CCCS(=O)(=O)CC2)s1. The third-order valence-corrected chi connectivity index (χ3v) is 6.16. The van der Waals surface area contributed by atoms with E-state index in [9.17, 15) is 8.42 Å². The fourth-order valence-corrected chi connectivity index (χ4v) is 4.66. The molecule has 0 saturated carbocycles. The van der Waals surface area contributed by atoms with E-state index in [2.05, 4.69) is 24.0 Å². The number of aryl methyl sites for hydroxylation is 1. The Morgan fingerprint density at radius 2 is 2.17 bits per heavy atom. The summed E-state index contributed by atoms with van der Waals surface area (Å²) in [4.78, 5) is 4.73. The van der Waals surface area contributed by atoms with Gasteiger partial charge in [-0.05, 0) is 32.0 Å². The van der Waals surface area contributed by atoms with Crippen LogP contribution in [0.1, 0.15) is 22.2 Å². The van der Waals surface area contributed by atoms with Crippen molar-refractivity contribution in [3.05, 3.63) is 21.9 Å². The molecule has 1 aromatic rings. The zero-order valence-electron chi connectivity index (χ0n) is 10.6. The minimum atomic E-state index is -2.85. The lowest BCUT2D eigenvalue weighted by atomic mass is 10.2. The molecule has 6 heteroatoms. The van der Waals surface area contributed by atoms with Crippen molar-refractivity contribution in [3.8, 4) is 0 Å². The molecule has 4 nitrogen and oxygen atoms in total. The van der Waals surface area contributed by atoms with E-state index in [1.807, 2.05) is 0 Å². The van der Waals surface area contributed by atoms with Gasteiger partial charge in [0, 0.05) is 22.8 Å². The molecular weight excluding hydrogens is 268 g/mol. The maximum absolute atomic E-state index is 11.6. The molecular formula is C12H20N2O2S2. The summed E-state index contributed by atoms with van der Waals surface area (Å²) in [6.07, 6.45) is 0.711. The number of rotatable bonds is 3. The van der Waals surface area contributed by atoms with Crippen LogP contribution in [-0.2, 0) is 9.84 Å². The minimum Gasteiger partial charge on any atom is -0.329 e. The van der Waals surface area contributed by atoms with Gasteiger partial charge in [-0.25, -0.2) is 8.42 Å². The highest BCUT2D eigenvalue weighted by molar-refractivity contribution is 7.91. The Morgan fingerprint density at radius 1 is 1.39 bits per heavy atom. The zero-order valence-corrected chi connectivity index (χ0v) is 12.3. The predicted molar refractivity (Wildman–Crippen MR) is 75.7 cm³/mol. The van der Waals surface area contributed by atoms with E-state index in [1.165, 1.54) is 9.75 Å². The minimum absolute atomic E-state index is 0.164. The molecule has 102 valence electrons. The van der Waals surface area contributed by atoms with E-state index in [4.69, 9.17) is 5.73 Å². The highest BCUT2D eigenvalue weighted by Crippen LogP contribution is 2.27. The Balaban J connectivity index is 2.13. The zero-order chi connectivity index (χ0) is 13.2. The van der Waals surface area contributed by atoms with Crippen LogP contribution in [0.15, 0.2) is 12.1 Å². The summed E-state index contributed by atoms with van der Waals surface area (Å²) in [6.45, 7) is 4.04. The second-order valence-corrected chi connectivity index (χ2v) is 8.36. The van der Waals surface area contributed by atoms with Crippen LogP contribution in [0.4, 0.5) is 0 Å². The highest BCUT2D eigenvalue weighted by atomic mass is 32.2. The van der Waals surface area contributed by atoms with Crippen LogP contribution in [0.2, 0.25) is 0 Å². The van der Waals surface area contributed by atoms with Crippen LogP contribution in [0.3, 0.4) is 0 Å². The van der Waals surface area contributed by atoms with Gasteiger partial charge < -0.3 is 5.73 Å². The van der Waals surface area contributed by atoms with E-state index in [1.54, 1.807) is 11.3 Å². The first-order chi connectivity index (χ1) is 8.52. The molecule has 1 unspecified atom stereocenters. The Hall–Kier alpha value is -0.430. The lowest BCUT2D eigenvalue weighted by Crippen LogP contribution is -2.35. The number of nitrogens with zero attached hydrogens (tertiary/aromatic N) is 1. The number of nitrogens with two attached hydrogens (primary N) is 1. The van der Waals surface area contributed by atoms with Crippen molar-refractivity contribution in [3.63, 3.8) is 0 Å². The molecule has 2 heterocycles. The molecule has 18 heavy (non-hydrogen) atoms. The fourth-order valence-electron chi connectivity index (χ4n) is 2.35. The molecule has 1 aliphatic heterocycles. The van der Waals surface area contributed by atoms with Crippen molar-refractivity contribution in [1.29, 1.82) is 0 Å². The molecule has 1 saturated heterocycles.